The summed E-state index contributed by atoms with van der Waals surface area (Å²) < 4.78 is 5.52. The Morgan fingerprint density at radius 2 is 1.82 bits per heavy atom. The fraction of sp³-hybridized carbons (Fsp3) is 0.0833. The monoisotopic (exact) mass is 268 g/mol. The van der Waals surface area contributed by atoms with Crippen LogP contribution in [0.15, 0.2) is 36.4 Å². The molecule has 0 saturated carbocycles. The normalized spacial score (nSPS) is 10.2. The van der Waals surface area contributed by atoms with Gasteiger partial charge in [-0.2, -0.15) is 0 Å². The molecule has 0 spiro atoms. The van der Waals surface area contributed by atoms with Crippen molar-refractivity contribution in [1.82, 2.24) is 4.98 Å². The first-order chi connectivity index (χ1) is 8.13. The van der Waals surface area contributed by atoms with Crippen molar-refractivity contribution in [2.75, 3.05) is 5.73 Å². The molecule has 0 aliphatic carbocycles. The van der Waals surface area contributed by atoms with E-state index in [1.807, 2.05) is 12.1 Å². The third-order valence-electron chi connectivity index (χ3n) is 2.05. The number of benzene rings is 1. The zero-order valence-electron chi connectivity index (χ0n) is 8.86. The summed E-state index contributed by atoms with van der Waals surface area (Å²) in [6, 6.07) is 10.4. The van der Waals surface area contributed by atoms with Gasteiger partial charge >= 0.3 is 0 Å². The fourth-order valence-corrected chi connectivity index (χ4v) is 1.85. The van der Waals surface area contributed by atoms with Gasteiger partial charge < -0.3 is 10.5 Å². The van der Waals surface area contributed by atoms with Crippen LogP contribution in [-0.2, 0) is 6.61 Å². The summed E-state index contributed by atoms with van der Waals surface area (Å²) in [6.07, 6.45) is 0. The first-order valence-corrected chi connectivity index (χ1v) is 5.69. The van der Waals surface area contributed by atoms with E-state index in [9.17, 15) is 0 Å². The lowest BCUT2D eigenvalue weighted by Crippen LogP contribution is -2.00. The third-order valence-corrected chi connectivity index (χ3v) is 2.49. The van der Waals surface area contributed by atoms with Crippen molar-refractivity contribution in [3.05, 3.63) is 52.1 Å². The predicted molar refractivity (Wildman–Crippen MR) is 69.4 cm³/mol. The summed E-state index contributed by atoms with van der Waals surface area (Å²) in [4.78, 5) is 4.12. The summed E-state index contributed by atoms with van der Waals surface area (Å²) in [5.74, 6) is 1.07. The third kappa shape index (κ3) is 3.51. The van der Waals surface area contributed by atoms with Gasteiger partial charge in [-0.1, -0.05) is 29.3 Å². The Balaban J connectivity index is 2.07. The van der Waals surface area contributed by atoms with E-state index in [0.717, 1.165) is 5.69 Å². The molecule has 5 heteroatoms. The van der Waals surface area contributed by atoms with Crippen LogP contribution in [0.3, 0.4) is 0 Å². The number of nitrogen functional groups attached to an aromatic ring is 1. The van der Waals surface area contributed by atoms with Crippen LogP contribution in [0.2, 0.25) is 10.0 Å². The zero-order chi connectivity index (χ0) is 12.3. The van der Waals surface area contributed by atoms with Crippen molar-refractivity contribution in [3.8, 4) is 5.75 Å². The maximum absolute atomic E-state index is 5.86. The summed E-state index contributed by atoms with van der Waals surface area (Å²) in [5, 5.41) is 1.07. The molecule has 0 radical (unpaired) electrons. The standard InChI is InChI=1S/C12H10Cl2N2O/c13-8-4-9(14)6-11(5-8)17-7-10-2-1-3-12(15)16-10/h1-6H,7H2,(H2,15,16). The van der Waals surface area contributed by atoms with Crippen LogP contribution in [0.1, 0.15) is 5.69 Å². The Hall–Kier alpha value is -1.45. The number of rotatable bonds is 3. The van der Waals surface area contributed by atoms with Gasteiger partial charge in [-0.25, -0.2) is 4.98 Å². The Kier molecular flexibility index (Phi) is 3.71. The maximum atomic E-state index is 5.86. The van der Waals surface area contributed by atoms with Gasteiger partial charge in [0.1, 0.15) is 18.2 Å². The number of anilines is 1. The molecule has 1 aromatic heterocycles. The van der Waals surface area contributed by atoms with E-state index in [1.54, 1.807) is 24.3 Å². The minimum atomic E-state index is 0.321. The molecule has 88 valence electrons. The highest BCUT2D eigenvalue weighted by Gasteiger charge is 2.01. The van der Waals surface area contributed by atoms with E-state index < -0.39 is 0 Å². The van der Waals surface area contributed by atoms with E-state index in [-0.39, 0.29) is 0 Å². The van der Waals surface area contributed by atoms with Crippen LogP contribution in [0, 0.1) is 0 Å². The molecular weight excluding hydrogens is 259 g/mol. The van der Waals surface area contributed by atoms with Gasteiger partial charge in [0, 0.05) is 10.0 Å². The highest BCUT2D eigenvalue weighted by atomic mass is 35.5. The van der Waals surface area contributed by atoms with Gasteiger partial charge in [0.05, 0.1) is 5.69 Å². The topological polar surface area (TPSA) is 48.1 Å². The zero-order valence-corrected chi connectivity index (χ0v) is 10.4. The molecule has 0 unspecified atom stereocenters. The SMILES string of the molecule is Nc1cccc(COc2cc(Cl)cc(Cl)c2)n1. The molecule has 2 rings (SSSR count). The van der Waals surface area contributed by atoms with Crippen molar-refractivity contribution in [2.24, 2.45) is 0 Å². The Labute approximate surface area is 109 Å². The van der Waals surface area contributed by atoms with Gasteiger partial charge in [-0.05, 0) is 30.3 Å². The van der Waals surface area contributed by atoms with E-state index in [1.165, 1.54) is 0 Å². The predicted octanol–water partition coefficient (Wildman–Crippen LogP) is 3.55. The lowest BCUT2D eigenvalue weighted by atomic mass is 10.3. The molecule has 0 aliphatic rings. The van der Waals surface area contributed by atoms with E-state index in [2.05, 4.69) is 4.98 Å². The van der Waals surface area contributed by atoms with E-state index >= 15 is 0 Å². The van der Waals surface area contributed by atoms with Gasteiger partial charge in [-0.3, -0.25) is 0 Å². The number of nitrogens with zero attached hydrogens (tertiary/aromatic N) is 1. The first kappa shape index (κ1) is 12.0. The summed E-state index contributed by atoms with van der Waals surface area (Å²) in [7, 11) is 0. The molecule has 0 amide bonds. The van der Waals surface area contributed by atoms with Gasteiger partial charge in [0.15, 0.2) is 0 Å². The average molecular weight is 269 g/mol. The summed E-state index contributed by atoms with van der Waals surface area (Å²) in [6.45, 7) is 0.321. The van der Waals surface area contributed by atoms with Crippen molar-refractivity contribution in [1.29, 1.82) is 0 Å². The number of hydrogen-bond acceptors (Lipinski definition) is 3. The second kappa shape index (κ2) is 5.25. The van der Waals surface area contributed by atoms with Gasteiger partial charge in [-0.15, -0.1) is 0 Å². The van der Waals surface area contributed by atoms with Gasteiger partial charge in [0.25, 0.3) is 0 Å². The number of aromatic nitrogens is 1. The molecule has 1 aromatic carbocycles. The second-order valence-corrected chi connectivity index (χ2v) is 4.32. The maximum Gasteiger partial charge on any atom is 0.130 e. The smallest absolute Gasteiger partial charge is 0.130 e. The van der Waals surface area contributed by atoms with Crippen LogP contribution in [0.25, 0.3) is 0 Å². The molecule has 0 saturated heterocycles. The highest BCUT2D eigenvalue weighted by molar-refractivity contribution is 6.34. The minimum absolute atomic E-state index is 0.321. The largest absolute Gasteiger partial charge is 0.487 e. The molecule has 2 aromatic rings. The molecule has 0 aliphatic heterocycles. The number of halogens is 2. The molecule has 17 heavy (non-hydrogen) atoms. The Morgan fingerprint density at radius 1 is 1.12 bits per heavy atom. The summed E-state index contributed by atoms with van der Waals surface area (Å²) in [5.41, 5.74) is 6.32. The van der Waals surface area contributed by atoms with Crippen LogP contribution in [0.4, 0.5) is 5.82 Å². The van der Waals surface area contributed by atoms with E-state index in [4.69, 9.17) is 33.7 Å². The van der Waals surface area contributed by atoms with Crippen LogP contribution in [-0.4, -0.2) is 4.98 Å². The van der Waals surface area contributed by atoms with Crippen LogP contribution >= 0.6 is 23.2 Å². The number of ether oxygens (including phenoxy) is 1. The Morgan fingerprint density at radius 3 is 2.47 bits per heavy atom. The quantitative estimate of drug-likeness (QED) is 0.926. The lowest BCUT2D eigenvalue weighted by molar-refractivity contribution is 0.301. The van der Waals surface area contributed by atoms with Crippen molar-refractivity contribution in [2.45, 2.75) is 6.61 Å². The molecule has 2 N–H and O–H groups in total. The molecule has 0 bridgehead atoms. The number of pyridine rings is 1. The molecule has 1 heterocycles. The van der Waals surface area contributed by atoms with Crippen LogP contribution in [0.5, 0.6) is 5.75 Å². The average Bonchev–Trinajstić information content (AvgIpc) is 2.25. The van der Waals surface area contributed by atoms with Crippen molar-refractivity contribution < 1.29 is 4.74 Å². The van der Waals surface area contributed by atoms with Gasteiger partial charge in [0.2, 0.25) is 0 Å². The number of nitrogens with two attached hydrogens (primary N) is 1. The Bertz CT molecular complexity index is 511. The van der Waals surface area contributed by atoms with Crippen LogP contribution < -0.4 is 10.5 Å². The minimum Gasteiger partial charge on any atom is -0.487 e. The summed E-state index contributed by atoms with van der Waals surface area (Å²) >= 11 is 11.7. The number of hydrogen-bond donors (Lipinski definition) is 1. The molecular formula is C12H10Cl2N2O. The lowest BCUT2D eigenvalue weighted by Gasteiger charge is -2.07. The second-order valence-electron chi connectivity index (χ2n) is 3.45. The first-order valence-electron chi connectivity index (χ1n) is 4.94. The molecule has 3 nitrogen and oxygen atoms in total. The van der Waals surface area contributed by atoms with Crippen molar-refractivity contribution >= 4 is 29.0 Å². The highest BCUT2D eigenvalue weighted by Crippen LogP contribution is 2.24. The molecule has 0 fully saturated rings. The fourth-order valence-electron chi connectivity index (χ4n) is 1.35. The van der Waals surface area contributed by atoms with E-state index in [0.29, 0.717) is 28.2 Å². The van der Waals surface area contributed by atoms with Crippen molar-refractivity contribution in [3.63, 3.8) is 0 Å². The molecule has 0 atom stereocenters.